The van der Waals surface area contributed by atoms with Crippen LogP contribution in [-0.2, 0) is 72.5 Å². The highest BCUT2D eigenvalue weighted by Crippen LogP contribution is 2.51. The van der Waals surface area contributed by atoms with Gasteiger partial charge in [-0.3, -0.25) is 13.5 Å². The molecule has 0 radical (unpaired) electrons. The summed E-state index contributed by atoms with van der Waals surface area (Å²) in [5.74, 6) is 0.759. The number of allylic oxidation sites excluding steroid dienone is 3. The van der Waals surface area contributed by atoms with Crippen LogP contribution in [0.2, 0.25) is 0 Å². The van der Waals surface area contributed by atoms with E-state index in [1.54, 1.807) is 33.5 Å². The van der Waals surface area contributed by atoms with Crippen molar-refractivity contribution in [1.29, 1.82) is 0 Å². The number of nitrogens with zero attached hydrogens (tertiary/aromatic N) is 2. The van der Waals surface area contributed by atoms with Crippen LogP contribution < -0.4 is 19.6 Å². The molecule has 0 fully saturated rings. The molecular formula is C54H75N2O18S2+. The molecule has 0 spiro atoms. The summed E-state index contributed by atoms with van der Waals surface area (Å²) in [6, 6.07) is 18.0. The van der Waals surface area contributed by atoms with Gasteiger partial charge in [-0.1, -0.05) is 12.1 Å². The maximum Gasteiger partial charge on any atom is 0.303 e. The zero-order valence-electron chi connectivity index (χ0n) is 44.5. The summed E-state index contributed by atoms with van der Waals surface area (Å²) in [6.45, 7) is 11.0. The van der Waals surface area contributed by atoms with Crippen LogP contribution in [0.1, 0.15) is 43.1 Å². The van der Waals surface area contributed by atoms with Crippen LogP contribution in [0.15, 0.2) is 87.8 Å². The maximum atomic E-state index is 12.4. The Kier molecular flexibility index (Phi) is 25.5. The molecule has 2 heterocycles. The third-order valence-corrected chi connectivity index (χ3v) is 13.9. The van der Waals surface area contributed by atoms with Gasteiger partial charge in [-0.15, -0.1) is 0 Å². The summed E-state index contributed by atoms with van der Waals surface area (Å²) in [4.78, 5) is 13.2. The topological polar surface area (TPSA) is 237 Å². The van der Waals surface area contributed by atoms with Gasteiger partial charge < -0.3 is 57.1 Å². The molecule has 2 aromatic rings. The molecule has 1 unspecified atom stereocenters. The first kappa shape index (κ1) is 61.8. The van der Waals surface area contributed by atoms with Crippen molar-refractivity contribution >= 4 is 38.0 Å². The van der Waals surface area contributed by atoms with E-state index in [2.05, 4.69) is 4.58 Å². The van der Waals surface area contributed by atoms with Gasteiger partial charge in [0.25, 0.3) is 20.2 Å². The van der Waals surface area contributed by atoms with Gasteiger partial charge in [0.2, 0.25) is 5.36 Å². The Morgan fingerprint density at radius 2 is 1.29 bits per heavy atom. The average molecular weight is 1100 g/mol. The first-order valence-electron chi connectivity index (χ1n) is 25.1. The monoisotopic (exact) mass is 1100 g/mol. The van der Waals surface area contributed by atoms with Crippen molar-refractivity contribution in [2.45, 2.75) is 43.4 Å². The number of fused-ring (bicyclic) bond motifs is 2. The van der Waals surface area contributed by atoms with Gasteiger partial charge >= 0.3 is 5.97 Å². The van der Waals surface area contributed by atoms with Crippen LogP contribution in [0.25, 0.3) is 28.5 Å². The summed E-state index contributed by atoms with van der Waals surface area (Å²) < 4.78 is 123. The molecule has 2 N–H and O–H groups in total. The molecule has 5 rings (SSSR count). The molecular weight excluding hydrogens is 1030 g/mol. The highest BCUT2D eigenvalue weighted by atomic mass is 32.2. The van der Waals surface area contributed by atoms with Crippen LogP contribution in [0.4, 0.5) is 5.69 Å². The molecule has 0 amide bonds. The lowest BCUT2D eigenvalue weighted by molar-refractivity contribution is -0.137. The average Bonchev–Trinajstić information content (AvgIpc) is 3.67. The van der Waals surface area contributed by atoms with Crippen molar-refractivity contribution in [1.82, 2.24) is 4.58 Å². The highest BCUT2D eigenvalue weighted by Gasteiger charge is 2.44. The third-order valence-electron chi connectivity index (χ3n) is 12.4. The number of methoxy groups -OCH3 is 3. The minimum Gasteiger partial charge on any atom is -0.497 e. The molecule has 1 aliphatic carbocycles. The van der Waals surface area contributed by atoms with Crippen LogP contribution in [-0.4, -0.2) is 179 Å². The Morgan fingerprint density at radius 3 is 1.83 bits per heavy atom. The number of carboxylic acid groups (broad SMARTS) is 1. The Bertz CT molecular complexity index is 2770. The Hall–Kier alpha value is -5.08. The normalized spacial score (nSPS) is 15.4. The number of carbonyl (C=O) groups is 1. The number of aryl methyl sites for hydroxylation is 1. The second-order valence-corrected chi connectivity index (χ2v) is 21.0. The SMILES string of the molecule is COCCOCCOCCOCC[N+](CCOCCOCCOCCOC)=c1ccc2c(-c3ccc(OC)cc3C)cc(/C=C/C=C3/N(CCOS(C)(=O)=O)c4ccc(S(=O)(=O)O)cc4C3(C)CCCC(=O)O)oc-2c1. The molecule has 20 nitrogen and oxygen atoms in total. The summed E-state index contributed by atoms with van der Waals surface area (Å²) in [7, 11) is -3.59. The van der Waals surface area contributed by atoms with E-state index < -0.39 is 31.6 Å². The largest absolute Gasteiger partial charge is 0.497 e. The van der Waals surface area contributed by atoms with Crippen molar-refractivity contribution in [3.63, 3.8) is 0 Å². The zero-order valence-corrected chi connectivity index (χ0v) is 46.1. The fourth-order valence-corrected chi connectivity index (χ4v) is 9.54. The molecule has 1 atom stereocenters. The summed E-state index contributed by atoms with van der Waals surface area (Å²) in [5, 5.41) is 10.5. The van der Waals surface area contributed by atoms with Gasteiger partial charge in [0.05, 0.1) is 110 Å². The lowest BCUT2D eigenvalue weighted by Crippen LogP contribution is -2.36. The predicted molar refractivity (Wildman–Crippen MR) is 286 cm³/mol. The number of benzene rings is 3. The van der Waals surface area contributed by atoms with Gasteiger partial charge in [-0.05, 0) is 104 Å². The first-order chi connectivity index (χ1) is 36.5. The molecule has 0 aromatic heterocycles. The number of anilines is 1. The van der Waals surface area contributed by atoms with E-state index in [1.165, 1.54) is 18.2 Å². The minimum absolute atomic E-state index is 0.0356. The van der Waals surface area contributed by atoms with Crippen molar-refractivity contribution in [2.75, 3.05) is 151 Å². The van der Waals surface area contributed by atoms with Gasteiger partial charge in [-0.25, -0.2) is 4.58 Å². The summed E-state index contributed by atoms with van der Waals surface area (Å²) in [6.07, 6.45) is 6.66. The Morgan fingerprint density at radius 1 is 0.711 bits per heavy atom. The van der Waals surface area contributed by atoms with Crippen LogP contribution >= 0.6 is 0 Å². The number of aliphatic carboxylic acids is 1. The second-order valence-electron chi connectivity index (χ2n) is 17.9. The smallest absolute Gasteiger partial charge is 0.303 e. The van der Waals surface area contributed by atoms with E-state index in [1.807, 2.05) is 67.3 Å². The van der Waals surface area contributed by atoms with E-state index in [9.17, 15) is 31.3 Å². The standard InChI is InChI=1S/C54H74N2O18S2/c1-41-37-43(66-5)13-16-46(41)48-39-44(9-7-10-52-54(2,18-8-11-53(57)58)49-40-45(76(61,62)63)14-17-50(49)56(52)21-24-73-75(6,59)60)74-51-38-42(12-15-47(48)51)55(19-22-67-29-31-71-35-33-69-27-25-64-3)20-23-68-30-32-72-36-34-70-28-26-65-4/h7,9-10,12-17,37-40H,8,11,18-36H2,1-6H3,(H-,57,58,61,62,63)/p+1. The summed E-state index contributed by atoms with van der Waals surface area (Å²) in [5.41, 5.74) is 4.29. The van der Waals surface area contributed by atoms with Gasteiger partial charge in [0.15, 0.2) is 13.1 Å². The molecule has 420 valence electrons. The summed E-state index contributed by atoms with van der Waals surface area (Å²) >= 11 is 0. The number of ether oxygens (including phenoxy) is 9. The number of hydrogen-bond donors (Lipinski definition) is 2. The number of carboxylic acids is 1. The van der Waals surface area contributed by atoms with Gasteiger partial charge in [0, 0.05) is 55.6 Å². The molecule has 2 aliphatic heterocycles. The lowest BCUT2D eigenvalue weighted by Gasteiger charge is -2.30. The van der Waals surface area contributed by atoms with Crippen molar-refractivity contribution < 1.29 is 82.5 Å². The van der Waals surface area contributed by atoms with Crippen molar-refractivity contribution in [3.8, 4) is 28.2 Å². The molecule has 22 heteroatoms. The third kappa shape index (κ3) is 19.4. The number of rotatable bonds is 37. The van der Waals surface area contributed by atoms with E-state index in [-0.39, 0.29) is 37.3 Å². The molecule has 3 aliphatic rings. The van der Waals surface area contributed by atoms with E-state index >= 15 is 0 Å². The zero-order chi connectivity index (χ0) is 55.0. The van der Waals surface area contributed by atoms with Crippen molar-refractivity contribution in [2.24, 2.45) is 0 Å². The van der Waals surface area contributed by atoms with E-state index in [0.29, 0.717) is 140 Å². The molecule has 2 aromatic carbocycles. The molecule has 0 saturated heterocycles. The maximum absolute atomic E-state index is 12.4. The predicted octanol–water partition coefficient (Wildman–Crippen LogP) is 5.69. The quantitative estimate of drug-likeness (QED) is 0.0239. The van der Waals surface area contributed by atoms with Crippen molar-refractivity contribution in [3.05, 3.63) is 101 Å². The van der Waals surface area contributed by atoms with E-state index in [0.717, 1.165) is 33.9 Å². The van der Waals surface area contributed by atoms with Gasteiger partial charge in [-0.2, -0.15) is 16.8 Å². The fourth-order valence-electron chi connectivity index (χ4n) is 8.65. The number of hydrogen-bond acceptors (Lipinski definition) is 17. The van der Waals surface area contributed by atoms with Crippen LogP contribution in [0.3, 0.4) is 0 Å². The minimum atomic E-state index is -4.63. The molecule has 0 bridgehead atoms. The molecule has 76 heavy (non-hydrogen) atoms. The van der Waals surface area contributed by atoms with Crippen LogP contribution in [0, 0.1) is 6.92 Å². The first-order valence-corrected chi connectivity index (χ1v) is 28.3. The lowest BCUT2D eigenvalue weighted by atomic mass is 9.77. The fraction of sp³-hybridized carbons (Fsp3) is 0.519. The molecule has 0 saturated carbocycles. The van der Waals surface area contributed by atoms with Crippen LogP contribution in [0.5, 0.6) is 5.75 Å². The Labute approximate surface area is 446 Å². The van der Waals surface area contributed by atoms with E-state index in [4.69, 9.17) is 51.2 Å². The second kappa shape index (κ2) is 31.4. The van der Waals surface area contributed by atoms with Gasteiger partial charge in [0.1, 0.15) is 30.5 Å². The highest BCUT2D eigenvalue weighted by molar-refractivity contribution is 7.86. The Balaban J connectivity index is 1.53.